The van der Waals surface area contributed by atoms with Gasteiger partial charge in [-0.1, -0.05) is 11.6 Å². The number of carbonyl (C=O) groups is 1. The van der Waals surface area contributed by atoms with E-state index in [0.717, 1.165) is 5.56 Å². The van der Waals surface area contributed by atoms with Crippen molar-refractivity contribution in [1.29, 1.82) is 0 Å². The second-order valence-corrected chi connectivity index (χ2v) is 6.64. The van der Waals surface area contributed by atoms with Gasteiger partial charge in [0.05, 0.1) is 5.69 Å². The highest BCUT2D eigenvalue weighted by atomic mass is 35.5. The Hall–Kier alpha value is -2.70. The average molecular weight is 372 g/mol. The summed E-state index contributed by atoms with van der Waals surface area (Å²) in [6, 6.07) is 13.0. The minimum absolute atomic E-state index is 0.239. The maximum atomic E-state index is 13.1. The quantitative estimate of drug-likeness (QED) is 0.544. The number of hydrogen-bond acceptors (Lipinski definition) is 3. The highest BCUT2D eigenvalue weighted by molar-refractivity contribution is 7.15. The Morgan fingerprint density at radius 3 is 2.56 bits per heavy atom. The van der Waals surface area contributed by atoms with Gasteiger partial charge in [0, 0.05) is 27.9 Å². The number of nitrogens with zero attached hydrogens (tertiary/aromatic N) is 2. The van der Waals surface area contributed by atoms with Crippen LogP contribution in [0.15, 0.2) is 60.1 Å². The Labute approximate surface area is 151 Å². The van der Waals surface area contributed by atoms with E-state index in [1.54, 1.807) is 52.4 Å². The number of benzene rings is 2. The molecule has 0 aliphatic carbocycles. The number of thiazole rings is 1. The fraction of sp³-hybridized carbons (Fsp3) is 0. The topological polar surface area (TPSA) is 46.4 Å². The Morgan fingerprint density at radius 2 is 1.84 bits per heavy atom. The smallest absolute Gasteiger partial charge is 0.273 e. The molecule has 2 heterocycles. The van der Waals surface area contributed by atoms with Crippen LogP contribution < -0.4 is 5.32 Å². The lowest BCUT2D eigenvalue weighted by atomic mass is 10.2. The Bertz CT molecular complexity index is 1050. The molecule has 4 nitrogen and oxygen atoms in total. The van der Waals surface area contributed by atoms with Crippen molar-refractivity contribution in [2.75, 3.05) is 5.32 Å². The second-order valence-electron chi connectivity index (χ2n) is 5.37. The summed E-state index contributed by atoms with van der Waals surface area (Å²) in [5, 5.41) is 5.19. The number of nitrogens with one attached hydrogen (secondary N) is 1. The predicted octanol–water partition coefficient (Wildman–Crippen LogP) is 5.11. The fourth-order valence-electron chi connectivity index (χ4n) is 2.44. The molecule has 0 spiro atoms. The summed E-state index contributed by atoms with van der Waals surface area (Å²) < 4.78 is 14.8. The molecular formula is C18H11ClFN3OS. The van der Waals surface area contributed by atoms with E-state index in [1.807, 2.05) is 0 Å². The maximum absolute atomic E-state index is 13.1. The van der Waals surface area contributed by atoms with Gasteiger partial charge in [-0.15, -0.1) is 11.3 Å². The Kier molecular flexibility index (Phi) is 3.99. The largest absolute Gasteiger partial charge is 0.321 e. The molecule has 4 aromatic rings. The van der Waals surface area contributed by atoms with Crippen LogP contribution in [0.5, 0.6) is 0 Å². The number of hydrogen-bond donors (Lipinski definition) is 1. The van der Waals surface area contributed by atoms with Crippen molar-refractivity contribution in [3.8, 4) is 11.3 Å². The van der Waals surface area contributed by atoms with Crippen molar-refractivity contribution in [2.24, 2.45) is 0 Å². The van der Waals surface area contributed by atoms with Crippen LogP contribution in [0.25, 0.3) is 16.2 Å². The van der Waals surface area contributed by atoms with Gasteiger partial charge in [-0.2, -0.15) is 0 Å². The number of halogens is 2. The highest BCUT2D eigenvalue weighted by Gasteiger charge is 2.15. The van der Waals surface area contributed by atoms with Crippen LogP contribution in [-0.4, -0.2) is 15.3 Å². The molecule has 25 heavy (non-hydrogen) atoms. The summed E-state index contributed by atoms with van der Waals surface area (Å²) >= 11 is 7.22. The third-order valence-corrected chi connectivity index (χ3v) is 4.78. The number of fused-ring (bicyclic) bond motifs is 1. The third-order valence-electron chi connectivity index (χ3n) is 3.68. The maximum Gasteiger partial charge on any atom is 0.273 e. The molecule has 0 radical (unpaired) electrons. The van der Waals surface area contributed by atoms with Crippen molar-refractivity contribution in [2.45, 2.75) is 0 Å². The summed E-state index contributed by atoms with van der Waals surface area (Å²) in [6.45, 7) is 0. The number of imidazole rings is 1. The Morgan fingerprint density at radius 1 is 1.12 bits per heavy atom. The SMILES string of the molecule is O=C(Nc1ccc(Cl)cc1)c1csc2nc(-c3ccc(F)cc3)cn12. The van der Waals surface area contributed by atoms with E-state index in [2.05, 4.69) is 10.3 Å². The van der Waals surface area contributed by atoms with Crippen molar-refractivity contribution in [3.05, 3.63) is 76.6 Å². The zero-order valence-electron chi connectivity index (χ0n) is 12.7. The third kappa shape index (κ3) is 3.14. The van der Waals surface area contributed by atoms with Crippen LogP contribution in [0.3, 0.4) is 0 Å². The van der Waals surface area contributed by atoms with Crippen LogP contribution in [0.4, 0.5) is 10.1 Å². The van der Waals surface area contributed by atoms with Crippen molar-refractivity contribution >= 4 is 39.5 Å². The van der Waals surface area contributed by atoms with Crippen LogP contribution in [0.2, 0.25) is 5.02 Å². The zero-order valence-corrected chi connectivity index (χ0v) is 14.3. The van der Waals surface area contributed by atoms with Crippen LogP contribution in [0, 0.1) is 5.82 Å². The minimum atomic E-state index is -0.298. The average Bonchev–Trinajstić information content (AvgIpc) is 3.18. The lowest BCUT2D eigenvalue weighted by molar-refractivity contribution is 0.102. The number of carbonyl (C=O) groups excluding carboxylic acids is 1. The molecular weight excluding hydrogens is 361 g/mol. The molecule has 0 atom stereocenters. The van der Waals surface area contributed by atoms with Gasteiger partial charge >= 0.3 is 0 Å². The molecule has 0 fully saturated rings. The first-order chi connectivity index (χ1) is 12.1. The van der Waals surface area contributed by atoms with Crippen molar-refractivity contribution in [1.82, 2.24) is 9.38 Å². The minimum Gasteiger partial charge on any atom is -0.321 e. The lowest BCUT2D eigenvalue weighted by Crippen LogP contribution is -2.13. The molecule has 0 saturated carbocycles. The van der Waals surface area contributed by atoms with E-state index in [0.29, 0.717) is 27.1 Å². The van der Waals surface area contributed by atoms with Gasteiger partial charge in [-0.25, -0.2) is 9.37 Å². The molecule has 0 aliphatic heterocycles. The fourth-order valence-corrected chi connectivity index (χ4v) is 3.41. The summed E-state index contributed by atoms with van der Waals surface area (Å²) in [7, 11) is 0. The van der Waals surface area contributed by atoms with Gasteiger partial charge < -0.3 is 5.32 Å². The highest BCUT2D eigenvalue weighted by Crippen LogP contribution is 2.24. The summed E-state index contributed by atoms with van der Waals surface area (Å²) in [5.41, 5.74) is 2.62. The van der Waals surface area contributed by atoms with Gasteiger partial charge in [-0.05, 0) is 48.5 Å². The van der Waals surface area contributed by atoms with Crippen LogP contribution in [-0.2, 0) is 0 Å². The first kappa shape index (κ1) is 15.8. The molecule has 0 bridgehead atoms. The van der Waals surface area contributed by atoms with Crippen molar-refractivity contribution < 1.29 is 9.18 Å². The van der Waals surface area contributed by atoms with Gasteiger partial charge in [0.1, 0.15) is 11.5 Å². The monoisotopic (exact) mass is 371 g/mol. The molecule has 1 N–H and O–H groups in total. The molecule has 0 saturated heterocycles. The summed E-state index contributed by atoms with van der Waals surface area (Å²) in [6.07, 6.45) is 1.77. The number of aromatic nitrogens is 2. The van der Waals surface area contributed by atoms with E-state index in [9.17, 15) is 9.18 Å². The molecule has 7 heteroatoms. The van der Waals surface area contributed by atoms with E-state index in [4.69, 9.17) is 11.6 Å². The lowest BCUT2D eigenvalue weighted by Gasteiger charge is -2.04. The summed E-state index contributed by atoms with van der Waals surface area (Å²) in [4.78, 5) is 17.7. The summed E-state index contributed by atoms with van der Waals surface area (Å²) in [5.74, 6) is -0.538. The van der Waals surface area contributed by atoms with E-state index >= 15 is 0 Å². The standard InChI is InChI=1S/C18H11ClFN3OS/c19-12-3-7-14(8-4-12)21-17(24)16-10-25-18-22-15(9-23(16)18)11-1-5-13(20)6-2-11/h1-10H,(H,21,24). The number of anilines is 1. The molecule has 2 aromatic heterocycles. The molecule has 1 amide bonds. The van der Waals surface area contributed by atoms with Gasteiger partial charge in [0.25, 0.3) is 5.91 Å². The molecule has 0 unspecified atom stereocenters. The van der Waals surface area contributed by atoms with Crippen LogP contribution >= 0.6 is 22.9 Å². The molecule has 2 aromatic carbocycles. The van der Waals surface area contributed by atoms with Gasteiger partial charge in [-0.3, -0.25) is 9.20 Å². The molecule has 0 aliphatic rings. The number of rotatable bonds is 3. The van der Waals surface area contributed by atoms with Crippen molar-refractivity contribution in [3.63, 3.8) is 0 Å². The molecule has 124 valence electrons. The normalized spacial score (nSPS) is 11.0. The van der Waals surface area contributed by atoms with E-state index < -0.39 is 0 Å². The second kappa shape index (κ2) is 6.31. The van der Waals surface area contributed by atoms with Gasteiger partial charge in [0.15, 0.2) is 4.96 Å². The Balaban J connectivity index is 1.64. The van der Waals surface area contributed by atoms with Crippen LogP contribution in [0.1, 0.15) is 10.5 Å². The van der Waals surface area contributed by atoms with E-state index in [1.165, 1.54) is 23.5 Å². The predicted molar refractivity (Wildman–Crippen MR) is 97.9 cm³/mol. The molecule has 4 rings (SSSR count). The zero-order chi connectivity index (χ0) is 17.4. The van der Waals surface area contributed by atoms with E-state index in [-0.39, 0.29) is 11.7 Å². The first-order valence-electron chi connectivity index (χ1n) is 7.39. The first-order valence-corrected chi connectivity index (χ1v) is 8.65. The number of amides is 1. The van der Waals surface area contributed by atoms with Gasteiger partial charge in [0.2, 0.25) is 0 Å².